The van der Waals surface area contributed by atoms with E-state index in [4.69, 9.17) is 4.74 Å². The number of nitrogens with one attached hydrogen (secondary N) is 2. The molecule has 0 amide bonds. The molecule has 0 heterocycles. The largest absolute Gasteiger partial charge is 0.378 e. The first kappa shape index (κ1) is 23.9. The van der Waals surface area contributed by atoms with Crippen LogP contribution in [0.1, 0.15) is 52.4 Å². The Bertz CT molecular complexity index is 451. The number of hydrogen-bond acceptors (Lipinski definition) is 4. The van der Waals surface area contributed by atoms with Crippen molar-refractivity contribution < 1.29 is 13.2 Å². The highest BCUT2D eigenvalue weighted by Gasteiger charge is 2.14. The maximum atomic E-state index is 11.2. The minimum Gasteiger partial charge on any atom is -0.378 e. The molecule has 0 radical (unpaired) electrons. The highest BCUT2D eigenvalue weighted by Crippen LogP contribution is 2.20. The Hall–Kier alpha value is -0.0900. The third-order valence-electron chi connectivity index (χ3n) is 3.88. The summed E-state index contributed by atoms with van der Waals surface area (Å²) in [5.41, 5.74) is 0. The summed E-state index contributed by atoms with van der Waals surface area (Å²) in [6.07, 6.45) is 8.20. The number of aliphatic imine (C=N–C) groups is 1. The summed E-state index contributed by atoms with van der Waals surface area (Å²) in [7, 11) is -2.92. The number of ether oxygens (including phenoxy) is 1. The predicted octanol–water partition coefficient (Wildman–Crippen LogP) is 2.33. The van der Waals surface area contributed by atoms with Gasteiger partial charge >= 0.3 is 0 Å². The van der Waals surface area contributed by atoms with Crippen LogP contribution in [-0.2, 0) is 14.6 Å². The van der Waals surface area contributed by atoms with Gasteiger partial charge in [0.2, 0.25) is 0 Å². The molecule has 0 spiro atoms. The molecule has 1 aliphatic rings. The van der Waals surface area contributed by atoms with Gasteiger partial charge in [-0.05, 0) is 39.5 Å². The fraction of sp³-hybridized carbons (Fsp3) is 0.938. The van der Waals surface area contributed by atoms with E-state index in [1.165, 1.54) is 31.9 Å². The lowest BCUT2D eigenvalue weighted by Gasteiger charge is -2.17. The predicted molar refractivity (Wildman–Crippen MR) is 111 cm³/mol. The molecule has 1 unspecified atom stereocenters. The molecule has 1 aliphatic carbocycles. The van der Waals surface area contributed by atoms with Crippen LogP contribution >= 0.6 is 24.0 Å². The van der Waals surface area contributed by atoms with E-state index in [2.05, 4.69) is 15.6 Å². The number of halogens is 1. The molecule has 6 nitrogen and oxygen atoms in total. The van der Waals surface area contributed by atoms with Crippen LogP contribution in [0.5, 0.6) is 0 Å². The zero-order valence-corrected chi connectivity index (χ0v) is 18.4. The second kappa shape index (κ2) is 13.2. The second-order valence-corrected chi connectivity index (χ2v) is 8.62. The fourth-order valence-electron chi connectivity index (χ4n) is 2.58. The summed E-state index contributed by atoms with van der Waals surface area (Å²) in [6, 6.07) is 0.0669. The van der Waals surface area contributed by atoms with Gasteiger partial charge in [-0.1, -0.05) is 12.8 Å². The molecule has 1 rings (SSSR count). The van der Waals surface area contributed by atoms with E-state index in [0.29, 0.717) is 19.1 Å². The molecular formula is C16H34IN3O3S. The molecule has 2 N–H and O–H groups in total. The fourth-order valence-corrected chi connectivity index (χ4v) is 3.36. The van der Waals surface area contributed by atoms with Gasteiger partial charge in [0.15, 0.2) is 5.96 Å². The van der Waals surface area contributed by atoms with Gasteiger partial charge in [-0.15, -0.1) is 24.0 Å². The van der Waals surface area contributed by atoms with Crippen LogP contribution < -0.4 is 10.6 Å². The van der Waals surface area contributed by atoms with Crippen molar-refractivity contribution in [3.05, 3.63) is 0 Å². The molecule has 0 aromatic heterocycles. The van der Waals surface area contributed by atoms with Crippen LogP contribution in [0.2, 0.25) is 0 Å². The van der Waals surface area contributed by atoms with E-state index >= 15 is 0 Å². The Labute approximate surface area is 164 Å². The van der Waals surface area contributed by atoms with Crippen molar-refractivity contribution in [3.8, 4) is 0 Å². The smallest absolute Gasteiger partial charge is 0.191 e. The SMILES string of the molecule is CCNC(=NCCCOC1CCCC1)NC(C)CCS(C)(=O)=O.I. The first-order valence-corrected chi connectivity index (χ1v) is 10.8. The molecule has 24 heavy (non-hydrogen) atoms. The van der Waals surface area contributed by atoms with Gasteiger partial charge < -0.3 is 15.4 Å². The van der Waals surface area contributed by atoms with E-state index in [0.717, 1.165) is 25.5 Å². The van der Waals surface area contributed by atoms with E-state index in [1.54, 1.807) is 0 Å². The second-order valence-electron chi connectivity index (χ2n) is 6.36. The van der Waals surface area contributed by atoms with Crippen molar-refractivity contribution in [2.24, 2.45) is 4.99 Å². The first-order valence-electron chi connectivity index (χ1n) is 8.75. The number of rotatable bonds is 10. The average Bonchev–Trinajstić information content (AvgIpc) is 2.97. The zero-order chi connectivity index (χ0) is 17.1. The minimum atomic E-state index is -2.92. The third-order valence-corrected chi connectivity index (χ3v) is 4.85. The molecule has 0 aliphatic heterocycles. The minimum absolute atomic E-state index is 0. The number of nitrogens with zero attached hydrogens (tertiary/aromatic N) is 1. The van der Waals surface area contributed by atoms with Gasteiger partial charge in [-0.3, -0.25) is 4.99 Å². The summed E-state index contributed by atoms with van der Waals surface area (Å²) in [6.45, 7) is 6.24. The molecule has 1 fully saturated rings. The van der Waals surface area contributed by atoms with Crippen LogP contribution in [-0.4, -0.2) is 58.2 Å². The van der Waals surface area contributed by atoms with Crippen molar-refractivity contribution in [2.45, 2.75) is 64.5 Å². The zero-order valence-electron chi connectivity index (χ0n) is 15.2. The van der Waals surface area contributed by atoms with Gasteiger partial charge in [0, 0.05) is 32.0 Å². The van der Waals surface area contributed by atoms with Gasteiger partial charge in [0.25, 0.3) is 0 Å². The Morgan fingerprint density at radius 3 is 2.58 bits per heavy atom. The van der Waals surface area contributed by atoms with Crippen molar-refractivity contribution >= 4 is 39.8 Å². The lowest BCUT2D eigenvalue weighted by Crippen LogP contribution is -2.43. The topological polar surface area (TPSA) is 79.8 Å². The average molecular weight is 475 g/mol. The highest BCUT2D eigenvalue weighted by atomic mass is 127. The summed E-state index contributed by atoms with van der Waals surface area (Å²) in [4.78, 5) is 4.53. The lowest BCUT2D eigenvalue weighted by molar-refractivity contribution is 0.0579. The maximum Gasteiger partial charge on any atom is 0.191 e. The van der Waals surface area contributed by atoms with E-state index in [1.807, 2.05) is 13.8 Å². The quantitative estimate of drug-likeness (QED) is 0.220. The van der Waals surface area contributed by atoms with Crippen LogP contribution in [0.4, 0.5) is 0 Å². The molecule has 0 aromatic carbocycles. The number of guanidine groups is 1. The Morgan fingerprint density at radius 1 is 1.33 bits per heavy atom. The number of sulfone groups is 1. The molecule has 144 valence electrons. The Morgan fingerprint density at radius 2 is 2.00 bits per heavy atom. The van der Waals surface area contributed by atoms with Crippen molar-refractivity contribution in [1.29, 1.82) is 0 Å². The summed E-state index contributed by atoms with van der Waals surface area (Å²) in [5, 5.41) is 6.45. The first-order chi connectivity index (χ1) is 10.9. The van der Waals surface area contributed by atoms with Crippen molar-refractivity contribution in [1.82, 2.24) is 10.6 Å². The van der Waals surface area contributed by atoms with Crippen molar-refractivity contribution in [3.63, 3.8) is 0 Å². The van der Waals surface area contributed by atoms with E-state index in [9.17, 15) is 8.42 Å². The van der Waals surface area contributed by atoms with Gasteiger partial charge in [0.1, 0.15) is 9.84 Å². The molecule has 1 saturated carbocycles. The van der Waals surface area contributed by atoms with Crippen LogP contribution in [0.25, 0.3) is 0 Å². The highest BCUT2D eigenvalue weighted by molar-refractivity contribution is 14.0. The van der Waals surface area contributed by atoms with Crippen molar-refractivity contribution in [2.75, 3.05) is 31.7 Å². The van der Waals surface area contributed by atoms with E-state index < -0.39 is 9.84 Å². The Balaban J connectivity index is 0.00000529. The van der Waals surface area contributed by atoms with Crippen LogP contribution in [0.15, 0.2) is 4.99 Å². The molecule has 8 heteroatoms. The number of hydrogen-bond donors (Lipinski definition) is 2. The Kier molecular flexibility index (Phi) is 13.1. The molecule has 0 saturated heterocycles. The summed E-state index contributed by atoms with van der Waals surface area (Å²) < 4.78 is 28.3. The molecule has 1 atom stereocenters. The molecule has 0 aromatic rings. The molecule has 0 bridgehead atoms. The lowest BCUT2D eigenvalue weighted by atomic mass is 10.3. The normalized spacial score (nSPS) is 17.4. The van der Waals surface area contributed by atoms with Crippen LogP contribution in [0.3, 0.4) is 0 Å². The summed E-state index contributed by atoms with van der Waals surface area (Å²) in [5.74, 6) is 0.935. The van der Waals surface area contributed by atoms with E-state index in [-0.39, 0.29) is 35.8 Å². The van der Waals surface area contributed by atoms with Crippen LogP contribution in [0, 0.1) is 0 Å². The van der Waals surface area contributed by atoms with Gasteiger partial charge in [0.05, 0.1) is 11.9 Å². The third kappa shape index (κ3) is 12.3. The van der Waals surface area contributed by atoms with Gasteiger partial charge in [-0.2, -0.15) is 0 Å². The molecular weight excluding hydrogens is 441 g/mol. The van der Waals surface area contributed by atoms with Gasteiger partial charge in [-0.25, -0.2) is 8.42 Å². The summed E-state index contributed by atoms with van der Waals surface area (Å²) >= 11 is 0. The maximum absolute atomic E-state index is 11.2. The standard InChI is InChI=1S/C16H33N3O3S.HI/c1-4-17-16(19-14(2)10-13-23(3,20)21)18-11-7-12-22-15-8-5-6-9-15;/h14-15H,4-13H2,1-3H3,(H2,17,18,19);1H. The monoisotopic (exact) mass is 475 g/mol.